The number of pyridine rings is 1. The number of urea groups is 1. The van der Waals surface area contributed by atoms with Crippen molar-refractivity contribution in [3.63, 3.8) is 0 Å². The maximum absolute atomic E-state index is 12.3. The lowest BCUT2D eigenvalue weighted by molar-refractivity contribution is 0.251. The van der Waals surface area contributed by atoms with Gasteiger partial charge in [0.1, 0.15) is 17.1 Å². The first-order valence-corrected chi connectivity index (χ1v) is 10.7. The standard InChI is InChI=1S/C24H24ClN5O2/c1-16-6-8-17(9-7-16)22-28-19-5-3-12-26-23(19)30(22)14-4-13-27-24(31)29-20-15-18(25)10-11-21(20)32-2/h3,5-12,15H,4,13-14H2,1-2H3,(H2,27,29,31). The molecule has 2 amide bonds. The molecule has 0 radical (unpaired) electrons. The van der Waals surface area contributed by atoms with E-state index >= 15 is 0 Å². The number of carbonyl (C=O) groups excluding carboxylic acids is 1. The number of carbonyl (C=O) groups is 1. The van der Waals surface area contributed by atoms with Gasteiger partial charge in [0.2, 0.25) is 0 Å². The number of aromatic nitrogens is 3. The van der Waals surface area contributed by atoms with Crippen molar-refractivity contribution < 1.29 is 9.53 Å². The topological polar surface area (TPSA) is 81.1 Å². The van der Waals surface area contributed by atoms with E-state index in [1.54, 1.807) is 31.5 Å². The lowest BCUT2D eigenvalue weighted by Gasteiger charge is -2.12. The van der Waals surface area contributed by atoms with Crippen LogP contribution in [-0.2, 0) is 6.54 Å². The number of amides is 2. The van der Waals surface area contributed by atoms with Gasteiger partial charge in [-0.3, -0.25) is 0 Å². The minimum Gasteiger partial charge on any atom is -0.495 e. The highest BCUT2D eigenvalue weighted by Crippen LogP contribution is 2.27. The zero-order valence-electron chi connectivity index (χ0n) is 17.9. The van der Waals surface area contributed by atoms with Crippen molar-refractivity contribution in [3.8, 4) is 17.1 Å². The van der Waals surface area contributed by atoms with Crippen LogP contribution in [0.25, 0.3) is 22.6 Å². The van der Waals surface area contributed by atoms with Crippen LogP contribution in [0.15, 0.2) is 60.8 Å². The van der Waals surface area contributed by atoms with Crippen molar-refractivity contribution in [1.82, 2.24) is 19.9 Å². The van der Waals surface area contributed by atoms with Crippen molar-refractivity contribution in [3.05, 3.63) is 71.4 Å². The number of anilines is 1. The summed E-state index contributed by atoms with van der Waals surface area (Å²) in [5.74, 6) is 1.41. The summed E-state index contributed by atoms with van der Waals surface area (Å²) in [5, 5.41) is 6.17. The monoisotopic (exact) mass is 449 g/mol. The number of nitrogens with zero attached hydrogens (tertiary/aromatic N) is 3. The molecule has 0 aliphatic carbocycles. The van der Waals surface area contributed by atoms with E-state index in [-0.39, 0.29) is 6.03 Å². The van der Waals surface area contributed by atoms with Gasteiger partial charge in [-0.25, -0.2) is 14.8 Å². The van der Waals surface area contributed by atoms with Gasteiger partial charge in [-0.05, 0) is 43.7 Å². The van der Waals surface area contributed by atoms with Crippen LogP contribution in [0.3, 0.4) is 0 Å². The van der Waals surface area contributed by atoms with Gasteiger partial charge in [0.05, 0.1) is 12.8 Å². The molecule has 2 aromatic heterocycles. The first-order valence-electron chi connectivity index (χ1n) is 10.3. The average Bonchev–Trinajstić information content (AvgIpc) is 3.16. The molecule has 0 spiro atoms. The van der Waals surface area contributed by atoms with Crippen LogP contribution in [0.4, 0.5) is 10.5 Å². The molecule has 0 unspecified atom stereocenters. The molecule has 0 atom stereocenters. The second kappa shape index (κ2) is 9.70. The highest BCUT2D eigenvalue weighted by atomic mass is 35.5. The molecule has 4 aromatic rings. The van der Waals surface area contributed by atoms with Gasteiger partial charge in [0.15, 0.2) is 5.65 Å². The first kappa shape index (κ1) is 21.6. The molecule has 0 bridgehead atoms. The lowest BCUT2D eigenvalue weighted by Crippen LogP contribution is -2.30. The van der Waals surface area contributed by atoms with Crippen LogP contribution in [-0.4, -0.2) is 34.2 Å². The molecule has 2 heterocycles. The Morgan fingerprint density at radius 2 is 1.97 bits per heavy atom. The number of benzene rings is 2. The highest BCUT2D eigenvalue weighted by Gasteiger charge is 2.13. The summed E-state index contributed by atoms with van der Waals surface area (Å²) in [6.45, 7) is 3.20. The minimum absolute atomic E-state index is 0.321. The quantitative estimate of drug-likeness (QED) is 0.376. The minimum atomic E-state index is -0.321. The Kier molecular flexibility index (Phi) is 6.56. The fraction of sp³-hybridized carbons (Fsp3) is 0.208. The molecular formula is C24H24ClN5O2. The van der Waals surface area contributed by atoms with E-state index < -0.39 is 0 Å². The van der Waals surface area contributed by atoms with Gasteiger partial charge in [-0.1, -0.05) is 41.4 Å². The number of halogens is 1. The van der Waals surface area contributed by atoms with Crippen molar-refractivity contribution in [2.75, 3.05) is 19.0 Å². The fourth-order valence-corrected chi connectivity index (χ4v) is 3.65. The molecule has 8 heteroatoms. The highest BCUT2D eigenvalue weighted by molar-refractivity contribution is 6.31. The van der Waals surface area contributed by atoms with E-state index in [4.69, 9.17) is 21.3 Å². The molecule has 0 fully saturated rings. The van der Waals surface area contributed by atoms with E-state index in [1.807, 2.05) is 12.1 Å². The van der Waals surface area contributed by atoms with Gasteiger partial charge < -0.3 is 19.9 Å². The number of aryl methyl sites for hydroxylation is 2. The molecular weight excluding hydrogens is 426 g/mol. The largest absolute Gasteiger partial charge is 0.495 e. The molecule has 32 heavy (non-hydrogen) atoms. The number of rotatable bonds is 7. The van der Waals surface area contributed by atoms with Crippen LogP contribution in [0.2, 0.25) is 5.02 Å². The molecule has 0 saturated heterocycles. The Bertz CT molecular complexity index is 1240. The third kappa shape index (κ3) is 4.84. The SMILES string of the molecule is COc1ccc(Cl)cc1NC(=O)NCCCn1c(-c2ccc(C)cc2)nc2cccnc21. The van der Waals surface area contributed by atoms with Crippen LogP contribution < -0.4 is 15.4 Å². The van der Waals surface area contributed by atoms with Gasteiger partial charge in [-0.15, -0.1) is 0 Å². The summed E-state index contributed by atoms with van der Waals surface area (Å²) in [6.07, 6.45) is 2.48. The van der Waals surface area contributed by atoms with Crippen LogP contribution >= 0.6 is 11.6 Å². The van der Waals surface area contributed by atoms with Crippen molar-refractivity contribution in [2.45, 2.75) is 19.9 Å². The molecule has 0 aliphatic rings. The van der Waals surface area contributed by atoms with Gasteiger partial charge in [0.25, 0.3) is 0 Å². The van der Waals surface area contributed by atoms with Crippen LogP contribution in [0.5, 0.6) is 5.75 Å². The van der Waals surface area contributed by atoms with E-state index in [0.29, 0.717) is 36.0 Å². The maximum atomic E-state index is 12.3. The smallest absolute Gasteiger partial charge is 0.319 e. The third-order valence-corrected chi connectivity index (χ3v) is 5.30. The number of hydrogen-bond acceptors (Lipinski definition) is 4. The fourth-order valence-electron chi connectivity index (χ4n) is 3.48. The summed E-state index contributed by atoms with van der Waals surface area (Å²) in [7, 11) is 1.54. The lowest BCUT2D eigenvalue weighted by atomic mass is 10.1. The Morgan fingerprint density at radius 1 is 1.16 bits per heavy atom. The summed E-state index contributed by atoms with van der Waals surface area (Å²) >= 11 is 6.02. The molecule has 4 rings (SSSR count). The molecule has 164 valence electrons. The van der Waals surface area contributed by atoms with Crippen LogP contribution in [0.1, 0.15) is 12.0 Å². The second-order valence-electron chi connectivity index (χ2n) is 7.38. The number of fused-ring (bicyclic) bond motifs is 1. The zero-order valence-corrected chi connectivity index (χ0v) is 18.7. The summed E-state index contributed by atoms with van der Waals surface area (Å²) < 4.78 is 7.36. The predicted molar refractivity (Wildman–Crippen MR) is 127 cm³/mol. The first-order chi connectivity index (χ1) is 15.5. The molecule has 0 aliphatic heterocycles. The Labute approximate surface area is 191 Å². The Morgan fingerprint density at radius 3 is 2.75 bits per heavy atom. The van der Waals surface area contributed by atoms with E-state index in [0.717, 1.165) is 22.6 Å². The van der Waals surface area contributed by atoms with E-state index in [2.05, 4.69) is 51.4 Å². The number of methoxy groups -OCH3 is 1. The maximum Gasteiger partial charge on any atom is 0.319 e. The normalized spacial score (nSPS) is 10.8. The van der Waals surface area contributed by atoms with E-state index in [9.17, 15) is 4.79 Å². The van der Waals surface area contributed by atoms with Gasteiger partial charge in [-0.2, -0.15) is 0 Å². The Balaban J connectivity index is 1.42. The van der Waals surface area contributed by atoms with Crippen LogP contribution in [0, 0.1) is 6.92 Å². The number of ether oxygens (including phenoxy) is 1. The summed E-state index contributed by atoms with van der Waals surface area (Å²) in [6, 6.07) is 16.9. The van der Waals surface area contributed by atoms with Crippen molar-refractivity contribution in [1.29, 1.82) is 0 Å². The summed E-state index contributed by atoms with van der Waals surface area (Å²) in [5.41, 5.74) is 4.43. The predicted octanol–water partition coefficient (Wildman–Crippen LogP) is 5.28. The summed E-state index contributed by atoms with van der Waals surface area (Å²) in [4.78, 5) is 21.6. The number of imidazole rings is 1. The second-order valence-corrected chi connectivity index (χ2v) is 7.81. The van der Waals surface area contributed by atoms with Gasteiger partial charge in [0, 0.05) is 29.9 Å². The molecule has 2 aromatic carbocycles. The number of nitrogens with one attached hydrogen (secondary N) is 2. The molecule has 2 N–H and O–H groups in total. The van der Waals surface area contributed by atoms with Gasteiger partial charge >= 0.3 is 6.03 Å². The Hall–Kier alpha value is -3.58. The van der Waals surface area contributed by atoms with Crippen molar-refractivity contribution >= 4 is 34.5 Å². The average molecular weight is 450 g/mol. The molecule has 7 nitrogen and oxygen atoms in total. The third-order valence-electron chi connectivity index (χ3n) is 5.07. The zero-order chi connectivity index (χ0) is 22.5. The van der Waals surface area contributed by atoms with E-state index in [1.165, 1.54) is 5.56 Å². The van der Waals surface area contributed by atoms with Crippen molar-refractivity contribution in [2.24, 2.45) is 0 Å². The number of hydrogen-bond donors (Lipinski definition) is 2. The molecule has 0 saturated carbocycles.